The molecule has 0 fully saturated rings. The number of benzene rings is 2. The molecule has 27 heavy (non-hydrogen) atoms. The summed E-state index contributed by atoms with van der Waals surface area (Å²) >= 11 is 5.33. The first-order valence-electron chi connectivity index (χ1n) is 8.25. The first kappa shape index (κ1) is 18.7. The molecule has 0 bridgehead atoms. The van der Waals surface area contributed by atoms with Crippen LogP contribution in [0.3, 0.4) is 0 Å². The van der Waals surface area contributed by atoms with Crippen LogP contribution in [0.2, 0.25) is 0 Å². The molecule has 0 spiro atoms. The third-order valence-electron chi connectivity index (χ3n) is 4.04. The van der Waals surface area contributed by atoms with E-state index >= 15 is 0 Å². The second-order valence-electron chi connectivity index (χ2n) is 5.93. The predicted molar refractivity (Wildman–Crippen MR) is 110 cm³/mol. The number of aromatic amines is 1. The van der Waals surface area contributed by atoms with Crippen molar-refractivity contribution in [2.45, 2.75) is 0 Å². The highest BCUT2D eigenvalue weighted by molar-refractivity contribution is 7.71. The van der Waals surface area contributed by atoms with Gasteiger partial charge in [-0.25, -0.2) is 5.10 Å². The van der Waals surface area contributed by atoms with Crippen LogP contribution in [0.4, 0.5) is 5.69 Å². The van der Waals surface area contributed by atoms with Crippen LogP contribution in [0.1, 0.15) is 5.56 Å². The fourth-order valence-electron chi connectivity index (χ4n) is 2.63. The number of hydrogen-bond acceptors (Lipinski definition) is 6. The van der Waals surface area contributed by atoms with E-state index < -0.39 is 0 Å². The molecule has 140 valence electrons. The maximum Gasteiger partial charge on any atom is 0.216 e. The molecule has 3 rings (SSSR count). The molecule has 0 aliphatic carbocycles. The highest BCUT2D eigenvalue weighted by Crippen LogP contribution is 2.29. The summed E-state index contributed by atoms with van der Waals surface area (Å²) in [5.41, 5.74) is 2.78. The summed E-state index contributed by atoms with van der Waals surface area (Å²) < 4.78 is 12.7. The number of ether oxygens (including phenoxy) is 2. The maximum absolute atomic E-state index is 5.44. The van der Waals surface area contributed by atoms with Gasteiger partial charge in [0.05, 0.1) is 20.4 Å². The summed E-state index contributed by atoms with van der Waals surface area (Å²) in [6, 6.07) is 13.6. The third-order valence-corrected chi connectivity index (χ3v) is 4.30. The molecule has 0 aliphatic heterocycles. The van der Waals surface area contributed by atoms with Gasteiger partial charge in [0.15, 0.2) is 17.3 Å². The van der Waals surface area contributed by atoms with Gasteiger partial charge in [0.1, 0.15) is 0 Å². The van der Waals surface area contributed by atoms with Crippen LogP contribution in [-0.2, 0) is 0 Å². The maximum atomic E-state index is 5.44. The monoisotopic (exact) mass is 383 g/mol. The first-order chi connectivity index (χ1) is 13.0. The van der Waals surface area contributed by atoms with E-state index in [1.807, 2.05) is 61.5 Å². The van der Waals surface area contributed by atoms with Crippen LogP contribution in [0.5, 0.6) is 11.5 Å². The van der Waals surface area contributed by atoms with E-state index in [2.05, 4.69) is 15.3 Å². The van der Waals surface area contributed by atoms with E-state index in [1.54, 1.807) is 25.1 Å². The van der Waals surface area contributed by atoms with Gasteiger partial charge in [-0.1, -0.05) is 6.07 Å². The summed E-state index contributed by atoms with van der Waals surface area (Å²) in [4.78, 5) is 2.04. The number of methoxy groups -OCH3 is 2. The summed E-state index contributed by atoms with van der Waals surface area (Å²) in [5.74, 6) is 1.87. The Kier molecular flexibility index (Phi) is 5.56. The summed E-state index contributed by atoms with van der Waals surface area (Å²) in [5, 5.41) is 11.6. The summed E-state index contributed by atoms with van der Waals surface area (Å²) in [7, 11) is 7.19. The number of nitrogens with zero attached hydrogens (tertiary/aromatic N) is 4. The zero-order valence-electron chi connectivity index (χ0n) is 15.6. The van der Waals surface area contributed by atoms with Crippen molar-refractivity contribution in [2.24, 2.45) is 5.10 Å². The second kappa shape index (κ2) is 8.05. The fraction of sp³-hybridized carbons (Fsp3) is 0.211. The minimum Gasteiger partial charge on any atom is -0.493 e. The van der Waals surface area contributed by atoms with Crippen molar-refractivity contribution in [3.05, 3.63) is 52.8 Å². The molecule has 2 aromatic carbocycles. The van der Waals surface area contributed by atoms with E-state index in [1.165, 1.54) is 0 Å². The van der Waals surface area contributed by atoms with Crippen molar-refractivity contribution in [1.29, 1.82) is 0 Å². The SMILES string of the molecule is COc1cccc(C=Nn2c(-c3ccc(N(C)C)cc3)n[nH]c2=S)c1OC. The Balaban J connectivity index is 1.99. The Morgan fingerprint density at radius 2 is 1.85 bits per heavy atom. The third kappa shape index (κ3) is 3.85. The zero-order chi connectivity index (χ0) is 19.4. The number of H-pyrrole nitrogens is 1. The van der Waals surface area contributed by atoms with E-state index in [0.29, 0.717) is 22.1 Å². The van der Waals surface area contributed by atoms with Crippen LogP contribution in [0.15, 0.2) is 47.6 Å². The molecule has 3 aromatic rings. The quantitative estimate of drug-likeness (QED) is 0.521. The molecule has 1 heterocycles. The predicted octanol–water partition coefficient (Wildman–Crippen LogP) is 3.57. The average Bonchev–Trinajstić information content (AvgIpc) is 3.06. The lowest BCUT2D eigenvalue weighted by atomic mass is 10.2. The van der Waals surface area contributed by atoms with Crippen LogP contribution in [0.25, 0.3) is 11.4 Å². The van der Waals surface area contributed by atoms with Crippen LogP contribution < -0.4 is 14.4 Å². The topological polar surface area (TPSA) is 67.7 Å². The highest BCUT2D eigenvalue weighted by Gasteiger charge is 2.10. The Morgan fingerprint density at radius 3 is 2.48 bits per heavy atom. The van der Waals surface area contributed by atoms with E-state index in [-0.39, 0.29) is 0 Å². The summed E-state index contributed by atoms with van der Waals surface area (Å²) in [6.45, 7) is 0. The Bertz CT molecular complexity index is 1010. The fourth-order valence-corrected chi connectivity index (χ4v) is 2.81. The normalized spacial score (nSPS) is 11.0. The van der Waals surface area contributed by atoms with Gasteiger partial charge in [0.25, 0.3) is 0 Å². The van der Waals surface area contributed by atoms with Crippen molar-refractivity contribution in [3.8, 4) is 22.9 Å². The number of anilines is 1. The molecule has 7 nitrogen and oxygen atoms in total. The molecular weight excluding hydrogens is 362 g/mol. The molecule has 0 saturated carbocycles. The van der Waals surface area contributed by atoms with Crippen LogP contribution >= 0.6 is 12.2 Å². The molecule has 0 radical (unpaired) electrons. The molecule has 0 amide bonds. The molecule has 8 heteroatoms. The van der Waals surface area contributed by atoms with E-state index in [4.69, 9.17) is 21.7 Å². The Morgan fingerprint density at radius 1 is 1.11 bits per heavy atom. The molecule has 0 unspecified atom stereocenters. The van der Waals surface area contributed by atoms with Crippen molar-refractivity contribution < 1.29 is 9.47 Å². The van der Waals surface area contributed by atoms with Crippen LogP contribution in [-0.4, -0.2) is 49.4 Å². The molecule has 0 saturated heterocycles. The lowest BCUT2D eigenvalue weighted by molar-refractivity contribution is 0.354. The zero-order valence-corrected chi connectivity index (χ0v) is 16.4. The van der Waals surface area contributed by atoms with Crippen molar-refractivity contribution in [1.82, 2.24) is 14.9 Å². The van der Waals surface area contributed by atoms with Gasteiger partial charge in [0.2, 0.25) is 4.77 Å². The van der Waals surface area contributed by atoms with Crippen molar-refractivity contribution in [2.75, 3.05) is 33.2 Å². The number of para-hydroxylation sites is 1. The van der Waals surface area contributed by atoms with Crippen molar-refractivity contribution >= 4 is 24.1 Å². The average molecular weight is 383 g/mol. The minimum absolute atomic E-state index is 0.403. The standard InChI is InChI=1S/C19H21N5O2S/c1-23(2)15-10-8-13(9-11-15)18-21-22-19(27)24(18)20-12-14-6-5-7-16(25-3)17(14)26-4/h5-12H,1-4H3,(H,22,27). The van der Waals surface area contributed by atoms with Gasteiger partial charge in [-0.05, 0) is 48.6 Å². The Labute approximate surface area is 162 Å². The van der Waals surface area contributed by atoms with Crippen LogP contribution in [0, 0.1) is 4.77 Å². The smallest absolute Gasteiger partial charge is 0.216 e. The lowest BCUT2D eigenvalue weighted by Gasteiger charge is -2.12. The van der Waals surface area contributed by atoms with Gasteiger partial charge in [-0.15, -0.1) is 0 Å². The van der Waals surface area contributed by atoms with E-state index in [9.17, 15) is 0 Å². The molecule has 0 aliphatic rings. The van der Waals surface area contributed by atoms with Gasteiger partial charge in [0, 0.05) is 30.9 Å². The van der Waals surface area contributed by atoms with Gasteiger partial charge in [-0.2, -0.15) is 14.9 Å². The highest BCUT2D eigenvalue weighted by atomic mass is 32.1. The van der Waals surface area contributed by atoms with Gasteiger partial charge in [-0.3, -0.25) is 0 Å². The van der Waals surface area contributed by atoms with Gasteiger partial charge >= 0.3 is 0 Å². The first-order valence-corrected chi connectivity index (χ1v) is 8.66. The summed E-state index contributed by atoms with van der Waals surface area (Å²) in [6.07, 6.45) is 1.67. The lowest BCUT2D eigenvalue weighted by Crippen LogP contribution is -2.08. The molecule has 1 N–H and O–H groups in total. The number of rotatable bonds is 6. The minimum atomic E-state index is 0.403. The number of aromatic nitrogens is 3. The van der Waals surface area contributed by atoms with Crippen molar-refractivity contribution in [3.63, 3.8) is 0 Å². The molecule has 1 aromatic heterocycles. The number of nitrogens with one attached hydrogen (secondary N) is 1. The molecule has 0 atom stereocenters. The largest absolute Gasteiger partial charge is 0.493 e. The van der Waals surface area contributed by atoms with E-state index in [0.717, 1.165) is 16.8 Å². The molecular formula is C19H21N5O2S. The second-order valence-corrected chi connectivity index (χ2v) is 6.32. The van der Waals surface area contributed by atoms with Gasteiger partial charge < -0.3 is 14.4 Å². The Hall–Kier alpha value is -3.13. The number of hydrogen-bond donors (Lipinski definition) is 1.